The number of ketones is 1. The van der Waals surface area contributed by atoms with Crippen molar-refractivity contribution in [2.75, 3.05) is 11.5 Å². The summed E-state index contributed by atoms with van der Waals surface area (Å²) in [5, 5.41) is 0. The molecule has 1 saturated heterocycles. The molecule has 6 nitrogen and oxygen atoms in total. The van der Waals surface area contributed by atoms with Gasteiger partial charge in [0.1, 0.15) is 0 Å². The van der Waals surface area contributed by atoms with Crippen LogP contribution >= 0.6 is 31.9 Å². The lowest BCUT2D eigenvalue weighted by atomic mass is 9.81. The smallest absolute Gasteiger partial charge is 0.338 e. The third kappa shape index (κ3) is 3.36. The Bertz CT molecular complexity index is 908. The van der Waals surface area contributed by atoms with Gasteiger partial charge in [-0.1, -0.05) is 58.7 Å². The van der Waals surface area contributed by atoms with Crippen LogP contribution in [0.1, 0.15) is 37.6 Å². The Kier molecular flexibility index (Phi) is 5.46. The summed E-state index contributed by atoms with van der Waals surface area (Å²) in [7, 11) is 0. The topological polar surface area (TPSA) is 80.8 Å². The molecule has 3 fully saturated rings. The van der Waals surface area contributed by atoms with Crippen molar-refractivity contribution in [3.63, 3.8) is 0 Å². The van der Waals surface area contributed by atoms with Crippen LogP contribution < -0.4 is 4.90 Å². The number of esters is 1. The molecule has 8 heteroatoms. The molecule has 0 aromatic heterocycles. The summed E-state index contributed by atoms with van der Waals surface area (Å²) in [5.41, 5.74) is -0.0342. The van der Waals surface area contributed by atoms with Crippen LogP contribution in [0.4, 0.5) is 5.69 Å². The van der Waals surface area contributed by atoms with Crippen molar-refractivity contribution >= 4 is 61.1 Å². The summed E-state index contributed by atoms with van der Waals surface area (Å²) in [6, 6.07) is 6.29. The number of fused-ring (bicyclic) bond motifs is 5. The minimum Gasteiger partial charge on any atom is -0.454 e. The van der Waals surface area contributed by atoms with Crippen molar-refractivity contribution in [3.8, 4) is 0 Å². The van der Waals surface area contributed by atoms with Gasteiger partial charge in [0.2, 0.25) is 11.8 Å². The van der Waals surface area contributed by atoms with Crippen LogP contribution in [0.15, 0.2) is 24.3 Å². The van der Waals surface area contributed by atoms with E-state index in [1.807, 2.05) is 0 Å². The van der Waals surface area contributed by atoms with Crippen molar-refractivity contribution in [2.45, 2.75) is 36.8 Å². The number of rotatable bonds is 4. The molecule has 30 heavy (non-hydrogen) atoms. The van der Waals surface area contributed by atoms with E-state index in [1.165, 1.54) is 11.0 Å². The first kappa shape index (κ1) is 21.7. The van der Waals surface area contributed by atoms with E-state index in [0.717, 1.165) is 6.42 Å². The van der Waals surface area contributed by atoms with Gasteiger partial charge in [-0.25, -0.2) is 4.79 Å². The standard InChI is InChI=1S/C22H23Br2NO5/c1-22(2,3)14(26)9-30-21(29)10-5-4-6-11(7-10)25-19(27)15-12-8-13(16(15)20(25)28)18(24)17(12)23/h4-7,12-13,15-18H,8-9H2,1-3H3/t12-,13-,15-,16-,17-,18+/m0/s1. The van der Waals surface area contributed by atoms with Gasteiger partial charge in [0.25, 0.3) is 0 Å². The molecule has 0 spiro atoms. The van der Waals surface area contributed by atoms with Crippen molar-refractivity contribution in [2.24, 2.45) is 29.1 Å². The van der Waals surface area contributed by atoms with Crippen molar-refractivity contribution in [3.05, 3.63) is 29.8 Å². The van der Waals surface area contributed by atoms with E-state index in [9.17, 15) is 19.2 Å². The summed E-state index contributed by atoms with van der Waals surface area (Å²) in [5.74, 6) is -1.63. The number of carbonyl (C=O) groups is 4. The minimum atomic E-state index is -0.658. The number of anilines is 1. The lowest BCUT2D eigenvalue weighted by Crippen LogP contribution is -2.37. The van der Waals surface area contributed by atoms with Gasteiger partial charge >= 0.3 is 5.97 Å². The second-order valence-electron chi connectivity index (χ2n) is 9.32. The second kappa shape index (κ2) is 7.55. The van der Waals surface area contributed by atoms with E-state index in [0.29, 0.717) is 5.69 Å². The highest BCUT2D eigenvalue weighted by molar-refractivity contribution is 9.12. The molecule has 2 aliphatic carbocycles. The largest absolute Gasteiger partial charge is 0.454 e. The third-order valence-corrected chi connectivity index (χ3v) is 9.70. The number of amides is 2. The Morgan fingerprint density at radius 3 is 2.17 bits per heavy atom. The number of hydrogen-bond acceptors (Lipinski definition) is 5. The third-order valence-electron chi connectivity index (χ3n) is 6.50. The number of nitrogens with zero attached hydrogens (tertiary/aromatic N) is 1. The summed E-state index contributed by atoms with van der Waals surface area (Å²) in [4.78, 5) is 52.3. The zero-order valence-corrected chi connectivity index (χ0v) is 20.1. The normalized spacial score (nSPS) is 32.5. The fourth-order valence-electron chi connectivity index (χ4n) is 4.81. The van der Waals surface area contributed by atoms with Crippen LogP contribution in [0.5, 0.6) is 0 Å². The van der Waals surface area contributed by atoms with Crippen LogP contribution in [0.25, 0.3) is 0 Å². The first-order valence-electron chi connectivity index (χ1n) is 9.99. The van der Waals surface area contributed by atoms with Gasteiger partial charge in [0.15, 0.2) is 12.4 Å². The maximum absolute atomic E-state index is 13.2. The molecule has 1 aliphatic heterocycles. The molecular formula is C22H23Br2NO5. The summed E-state index contributed by atoms with van der Waals surface area (Å²) >= 11 is 7.35. The average molecular weight is 541 g/mol. The fraction of sp³-hybridized carbons (Fsp3) is 0.545. The van der Waals surface area contributed by atoms with Gasteiger partial charge in [0.05, 0.1) is 23.1 Å². The first-order chi connectivity index (χ1) is 14.0. The lowest BCUT2D eigenvalue weighted by molar-refractivity contribution is -0.129. The van der Waals surface area contributed by atoms with E-state index in [1.54, 1.807) is 39.0 Å². The molecule has 160 valence electrons. The van der Waals surface area contributed by atoms with Gasteiger partial charge < -0.3 is 4.74 Å². The van der Waals surface area contributed by atoms with E-state index in [4.69, 9.17) is 4.74 Å². The number of alkyl halides is 2. The molecule has 1 aromatic rings. The Morgan fingerprint density at radius 2 is 1.63 bits per heavy atom. The Labute approximate surface area is 192 Å². The lowest BCUT2D eigenvalue weighted by Gasteiger charge is -2.28. The van der Waals surface area contributed by atoms with Crippen LogP contribution in [-0.2, 0) is 19.1 Å². The SMILES string of the molecule is CC(C)(C)C(=O)COC(=O)c1cccc(N2C(=O)[C@H]3[C@@H]4C[C@H]([C@@H](Br)[C@H]4Br)[C@@H]3C2=O)c1. The average Bonchev–Trinajstić information content (AvgIpc) is 3.30. The van der Waals surface area contributed by atoms with Gasteiger partial charge in [-0.05, 0) is 36.5 Å². The Balaban J connectivity index is 1.53. The molecule has 2 bridgehead atoms. The van der Waals surface area contributed by atoms with Crippen molar-refractivity contribution < 1.29 is 23.9 Å². The zero-order valence-electron chi connectivity index (χ0n) is 16.9. The summed E-state index contributed by atoms with van der Waals surface area (Å²) in [6.07, 6.45) is 0.862. The summed E-state index contributed by atoms with van der Waals surface area (Å²) in [6.45, 7) is 4.95. The predicted molar refractivity (Wildman–Crippen MR) is 118 cm³/mol. The number of Topliss-reactive ketones (excluding diaryl/α,β-unsaturated/α-hetero) is 1. The van der Waals surface area contributed by atoms with Gasteiger partial charge in [0, 0.05) is 15.1 Å². The van der Waals surface area contributed by atoms with Crippen LogP contribution in [0.2, 0.25) is 0 Å². The van der Waals surface area contributed by atoms with Crippen molar-refractivity contribution in [1.29, 1.82) is 0 Å². The quantitative estimate of drug-likeness (QED) is 0.330. The first-order valence-corrected chi connectivity index (χ1v) is 11.8. The molecule has 0 radical (unpaired) electrons. The monoisotopic (exact) mass is 539 g/mol. The molecule has 2 saturated carbocycles. The van der Waals surface area contributed by atoms with E-state index in [-0.39, 0.29) is 63.1 Å². The fourth-order valence-corrected chi connectivity index (χ4v) is 6.68. The minimum absolute atomic E-state index is 0.127. The Morgan fingerprint density at radius 1 is 1.07 bits per heavy atom. The molecule has 1 heterocycles. The maximum atomic E-state index is 13.2. The number of ether oxygens (including phenoxy) is 1. The number of carbonyl (C=O) groups excluding carboxylic acids is 4. The molecule has 1 aromatic carbocycles. The zero-order chi connectivity index (χ0) is 22.0. The number of hydrogen-bond donors (Lipinski definition) is 0. The van der Waals surface area contributed by atoms with Crippen LogP contribution in [0.3, 0.4) is 0 Å². The molecule has 3 aliphatic rings. The van der Waals surface area contributed by atoms with Crippen LogP contribution in [-0.4, -0.2) is 39.8 Å². The van der Waals surface area contributed by atoms with E-state index < -0.39 is 11.4 Å². The van der Waals surface area contributed by atoms with Gasteiger partial charge in [-0.2, -0.15) is 0 Å². The number of imide groups is 1. The van der Waals surface area contributed by atoms with Gasteiger partial charge in [-0.15, -0.1) is 0 Å². The molecule has 4 rings (SSSR count). The molecule has 6 atom stereocenters. The highest BCUT2D eigenvalue weighted by Crippen LogP contribution is 2.60. The molecular weight excluding hydrogens is 518 g/mol. The van der Waals surface area contributed by atoms with E-state index in [2.05, 4.69) is 31.9 Å². The molecule has 2 amide bonds. The second-order valence-corrected chi connectivity index (χ2v) is 11.4. The Hall–Kier alpha value is -1.54. The highest BCUT2D eigenvalue weighted by Gasteiger charge is 2.66. The summed E-state index contributed by atoms with van der Waals surface area (Å²) < 4.78 is 5.15. The van der Waals surface area contributed by atoms with Crippen molar-refractivity contribution in [1.82, 2.24) is 0 Å². The van der Waals surface area contributed by atoms with Crippen LogP contribution in [0, 0.1) is 29.1 Å². The number of benzene rings is 1. The molecule has 0 N–H and O–H groups in total. The number of halogens is 2. The molecule has 0 unspecified atom stereocenters. The van der Waals surface area contributed by atoms with E-state index >= 15 is 0 Å². The van der Waals surface area contributed by atoms with Gasteiger partial charge in [-0.3, -0.25) is 19.3 Å². The highest BCUT2D eigenvalue weighted by atomic mass is 79.9. The maximum Gasteiger partial charge on any atom is 0.338 e. The predicted octanol–water partition coefficient (Wildman–Crippen LogP) is 3.74.